The van der Waals surface area contributed by atoms with Crippen LogP contribution in [0.2, 0.25) is 0 Å². The smallest absolute Gasteiger partial charge is 0.234 e. The van der Waals surface area contributed by atoms with E-state index in [4.69, 9.17) is 0 Å². The molecule has 4 nitrogen and oxygen atoms in total. The van der Waals surface area contributed by atoms with Crippen LogP contribution in [0.3, 0.4) is 0 Å². The van der Waals surface area contributed by atoms with Crippen molar-refractivity contribution >= 4 is 18.3 Å². The van der Waals surface area contributed by atoms with Gasteiger partial charge in [-0.3, -0.25) is 9.69 Å². The Bertz CT molecular complexity index is 228. The average molecular weight is 250 g/mol. The van der Waals surface area contributed by atoms with Gasteiger partial charge in [0, 0.05) is 31.2 Å². The molecule has 1 saturated heterocycles. The van der Waals surface area contributed by atoms with Crippen LogP contribution in [-0.4, -0.2) is 48.6 Å². The average Bonchev–Trinajstić information content (AvgIpc) is 1.99. The van der Waals surface area contributed by atoms with Gasteiger partial charge in [0.05, 0.1) is 6.54 Å². The van der Waals surface area contributed by atoms with Gasteiger partial charge in [-0.25, -0.2) is 0 Å². The summed E-state index contributed by atoms with van der Waals surface area (Å²) in [4.78, 5) is 13.9. The van der Waals surface area contributed by atoms with E-state index in [2.05, 4.69) is 22.5 Å². The van der Waals surface area contributed by atoms with Gasteiger partial charge in [0.25, 0.3) is 0 Å². The minimum atomic E-state index is -0.128. The quantitative estimate of drug-likeness (QED) is 0.754. The van der Waals surface area contributed by atoms with Crippen molar-refractivity contribution in [2.24, 2.45) is 0 Å². The Balaban J connectivity index is 0.00000225. The third-order valence-electron chi connectivity index (χ3n) is 2.33. The maximum absolute atomic E-state index is 11.7. The highest BCUT2D eigenvalue weighted by Crippen LogP contribution is 2.01. The molecular formula is C11H24ClN3O. The van der Waals surface area contributed by atoms with Crippen molar-refractivity contribution in [1.29, 1.82) is 0 Å². The number of halogens is 1. The van der Waals surface area contributed by atoms with Crippen LogP contribution < -0.4 is 10.6 Å². The third kappa shape index (κ3) is 6.30. The van der Waals surface area contributed by atoms with Crippen LogP contribution in [0.15, 0.2) is 0 Å². The van der Waals surface area contributed by atoms with E-state index in [1.807, 2.05) is 20.8 Å². The molecule has 2 N–H and O–H groups in total. The summed E-state index contributed by atoms with van der Waals surface area (Å²) in [5.74, 6) is 0.122. The minimum Gasteiger partial charge on any atom is -0.350 e. The zero-order valence-corrected chi connectivity index (χ0v) is 11.5. The minimum absolute atomic E-state index is 0. The zero-order chi connectivity index (χ0) is 11.5. The second kappa shape index (κ2) is 6.42. The van der Waals surface area contributed by atoms with Gasteiger partial charge in [0.15, 0.2) is 0 Å². The Hall–Kier alpha value is -0.320. The van der Waals surface area contributed by atoms with Crippen molar-refractivity contribution < 1.29 is 4.79 Å². The van der Waals surface area contributed by atoms with E-state index in [9.17, 15) is 4.79 Å². The van der Waals surface area contributed by atoms with Crippen LogP contribution in [0.4, 0.5) is 0 Å². The molecule has 96 valence electrons. The molecule has 16 heavy (non-hydrogen) atoms. The predicted octanol–water partition coefficient (Wildman–Crippen LogP) is 0.617. The second-order valence-electron chi connectivity index (χ2n) is 5.39. The molecule has 0 aliphatic carbocycles. The molecule has 0 bridgehead atoms. The van der Waals surface area contributed by atoms with E-state index in [1.165, 1.54) is 0 Å². The van der Waals surface area contributed by atoms with E-state index in [0.29, 0.717) is 12.6 Å². The Morgan fingerprint density at radius 1 is 1.50 bits per heavy atom. The lowest BCUT2D eigenvalue weighted by atomic mass is 10.1. The molecule has 1 unspecified atom stereocenters. The molecule has 5 heteroatoms. The van der Waals surface area contributed by atoms with Crippen molar-refractivity contribution in [2.45, 2.75) is 39.3 Å². The highest BCUT2D eigenvalue weighted by Gasteiger charge is 2.20. The van der Waals surface area contributed by atoms with Gasteiger partial charge in [-0.2, -0.15) is 0 Å². The molecule has 1 aliphatic heterocycles. The number of carbonyl (C=O) groups is 1. The number of nitrogens with zero attached hydrogens (tertiary/aromatic N) is 1. The summed E-state index contributed by atoms with van der Waals surface area (Å²) < 4.78 is 0. The SMILES string of the molecule is CC1CN(CC(=O)NC(C)(C)C)CCN1.Cl. The van der Waals surface area contributed by atoms with Crippen LogP contribution >= 0.6 is 12.4 Å². The third-order valence-corrected chi connectivity index (χ3v) is 2.33. The Labute approximate surface area is 105 Å². The molecule has 1 aliphatic rings. The van der Waals surface area contributed by atoms with E-state index in [0.717, 1.165) is 19.6 Å². The molecule has 1 rings (SSSR count). The van der Waals surface area contributed by atoms with Crippen LogP contribution in [-0.2, 0) is 4.79 Å². The first-order valence-corrected chi connectivity index (χ1v) is 5.63. The van der Waals surface area contributed by atoms with Crippen molar-refractivity contribution in [3.8, 4) is 0 Å². The highest BCUT2D eigenvalue weighted by atomic mass is 35.5. The molecule has 0 aromatic heterocycles. The Kier molecular flexibility index (Phi) is 6.30. The number of amides is 1. The van der Waals surface area contributed by atoms with Gasteiger partial charge in [0.2, 0.25) is 5.91 Å². The van der Waals surface area contributed by atoms with Crippen molar-refractivity contribution in [3.63, 3.8) is 0 Å². The van der Waals surface area contributed by atoms with Gasteiger partial charge in [-0.1, -0.05) is 0 Å². The molecular weight excluding hydrogens is 226 g/mol. The summed E-state index contributed by atoms with van der Waals surface area (Å²) in [7, 11) is 0. The first-order valence-electron chi connectivity index (χ1n) is 5.63. The van der Waals surface area contributed by atoms with Gasteiger partial charge >= 0.3 is 0 Å². The fourth-order valence-corrected chi connectivity index (χ4v) is 1.82. The predicted molar refractivity (Wildman–Crippen MR) is 69.0 cm³/mol. The van der Waals surface area contributed by atoms with Gasteiger partial charge in [-0.15, -0.1) is 12.4 Å². The monoisotopic (exact) mass is 249 g/mol. The topological polar surface area (TPSA) is 44.4 Å². The first-order chi connectivity index (χ1) is 6.87. The molecule has 1 amide bonds. The molecule has 0 aromatic carbocycles. The van der Waals surface area contributed by atoms with Crippen molar-refractivity contribution in [3.05, 3.63) is 0 Å². The second-order valence-corrected chi connectivity index (χ2v) is 5.39. The van der Waals surface area contributed by atoms with Gasteiger partial charge in [0.1, 0.15) is 0 Å². The van der Waals surface area contributed by atoms with E-state index in [-0.39, 0.29) is 23.9 Å². The summed E-state index contributed by atoms with van der Waals surface area (Å²) in [5, 5.41) is 6.34. The molecule has 0 saturated carbocycles. The number of hydrogen-bond donors (Lipinski definition) is 2. The van der Waals surface area contributed by atoms with Crippen LogP contribution in [0.5, 0.6) is 0 Å². The zero-order valence-electron chi connectivity index (χ0n) is 10.7. The number of hydrogen-bond acceptors (Lipinski definition) is 3. The van der Waals surface area contributed by atoms with Crippen LogP contribution in [0.1, 0.15) is 27.7 Å². The summed E-state index contributed by atoms with van der Waals surface area (Å²) in [6, 6.07) is 0.487. The van der Waals surface area contributed by atoms with E-state index in [1.54, 1.807) is 0 Å². The standard InChI is InChI=1S/C11H23N3O.ClH/c1-9-7-14(6-5-12-9)8-10(15)13-11(2,3)4;/h9,12H,5-8H2,1-4H3,(H,13,15);1H. The lowest BCUT2D eigenvalue weighted by molar-refractivity contribution is -0.123. The number of piperazine rings is 1. The molecule has 0 radical (unpaired) electrons. The number of rotatable bonds is 2. The van der Waals surface area contributed by atoms with Crippen molar-refractivity contribution in [2.75, 3.05) is 26.2 Å². The normalized spacial score (nSPS) is 22.4. The fraction of sp³-hybridized carbons (Fsp3) is 0.909. The molecule has 1 fully saturated rings. The Morgan fingerprint density at radius 3 is 2.62 bits per heavy atom. The summed E-state index contributed by atoms with van der Waals surface area (Å²) in [6.45, 7) is 11.6. The maximum Gasteiger partial charge on any atom is 0.234 e. The first kappa shape index (κ1) is 15.7. The maximum atomic E-state index is 11.7. The van der Waals surface area contributed by atoms with Crippen LogP contribution in [0, 0.1) is 0 Å². The molecule has 1 heterocycles. The Morgan fingerprint density at radius 2 is 2.12 bits per heavy atom. The van der Waals surface area contributed by atoms with Crippen molar-refractivity contribution in [1.82, 2.24) is 15.5 Å². The molecule has 0 spiro atoms. The van der Waals surface area contributed by atoms with E-state index >= 15 is 0 Å². The fourth-order valence-electron chi connectivity index (χ4n) is 1.82. The van der Waals surface area contributed by atoms with Crippen LogP contribution in [0.25, 0.3) is 0 Å². The van der Waals surface area contributed by atoms with Gasteiger partial charge in [-0.05, 0) is 27.7 Å². The summed E-state index contributed by atoms with van der Waals surface area (Å²) in [6.07, 6.45) is 0. The van der Waals surface area contributed by atoms with E-state index < -0.39 is 0 Å². The number of carbonyl (C=O) groups excluding carboxylic acids is 1. The largest absolute Gasteiger partial charge is 0.350 e. The number of nitrogens with one attached hydrogen (secondary N) is 2. The van der Waals surface area contributed by atoms with Gasteiger partial charge < -0.3 is 10.6 Å². The lowest BCUT2D eigenvalue weighted by Crippen LogP contribution is -2.53. The molecule has 0 aromatic rings. The molecule has 1 atom stereocenters. The highest BCUT2D eigenvalue weighted by molar-refractivity contribution is 5.85. The lowest BCUT2D eigenvalue weighted by Gasteiger charge is -2.32. The summed E-state index contributed by atoms with van der Waals surface area (Å²) in [5.41, 5.74) is -0.128. The summed E-state index contributed by atoms with van der Waals surface area (Å²) >= 11 is 0.